The van der Waals surface area contributed by atoms with E-state index in [1.807, 2.05) is 0 Å². The van der Waals surface area contributed by atoms with E-state index in [1.165, 1.54) is 6.04 Å². The quantitative estimate of drug-likeness (QED) is 0.262. The number of hydrogen-bond donors (Lipinski definition) is 0. The second-order valence-electron chi connectivity index (χ2n) is 4.33. The van der Waals surface area contributed by atoms with Crippen LogP contribution in [0.2, 0.25) is 25.7 Å². The summed E-state index contributed by atoms with van der Waals surface area (Å²) < 4.78 is 0. The van der Waals surface area contributed by atoms with Crippen LogP contribution >= 0.6 is 0 Å². The van der Waals surface area contributed by atoms with Crippen LogP contribution in [0.5, 0.6) is 0 Å². The molecule has 12 heavy (non-hydrogen) atoms. The molecule has 0 nitrogen and oxygen atoms in total. The Morgan fingerprint density at radius 1 is 1.25 bits per heavy atom. The molecule has 0 aliphatic heterocycles. The van der Waals surface area contributed by atoms with Gasteiger partial charge in [0, 0.05) is 14.5 Å². The molecule has 0 N–H and O–H groups in total. The molecular weight excluding hydrogens is 160 g/mol. The highest BCUT2D eigenvalue weighted by atomic mass is 28.3. The Labute approximate surface area is 78.1 Å². The van der Waals surface area contributed by atoms with Gasteiger partial charge in [-0.3, -0.25) is 0 Å². The monoisotopic (exact) mass is 180 g/mol. The molecule has 0 spiro atoms. The van der Waals surface area contributed by atoms with Crippen molar-refractivity contribution in [3.63, 3.8) is 0 Å². The van der Waals surface area contributed by atoms with E-state index in [-0.39, 0.29) is 0 Å². The maximum Gasteiger partial charge on any atom is 0.0480 e. The molecule has 68 valence electrons. The fourth-order valence-electron chi connectivity index (χ4n) is 0.877. The van der Waals surface area contributed by atoms with Crippen LogP contribution in [-0.4, -0.2) is 8.07 Å². The molecule has 0 atom stereocenters. The average Bonchev–Trinajstić information content (AvgIpc) is 1.94. The molecule has 0 saturated carbocycles. The van der Waals surface area contributed by atoms with Crippen LogP contribution in [0.3, 0.4) is 0 Å². The largest absolute Gasteiger partial charge is 0.120 e. The van der Waals surface area contributed by atoms with Crippen molar-refractivity contribution in [2.75, 3.05) is 0 Å². The van der Waals surface area contributed by atoms with Crippen molar-refractivity contribution in [2.45, 2.75) is 44.9 Å². The lowest BCUT2D eigenvalue weighted by molar-refractivity contribution is 0.884. The van der Waals surface area contributed by atoms with Crippen LogP contribution in [0.4, 0.5) is 0 Å². The first-order chi connectivity index (χ1) is 5.56. The fourth-order valence-corrected chi connectivity index (χ4v) is 1.75. The topological polar surface area (TPSA) is 0 Å². The van der Waals surface area contributed by atoms with Crippen LogP contribution in [0, 0.1) is 12.3 Å². The van der Waals surface area contributed by atoms with Gasteiger partial charge in [-0.1, -0.05) is 31.8 Å². The molecule has 0 aromatic rings. The summed E-state index contributed by atoms with van der Waals surface area (Å²) in [5.74, 6) is 2.65. The molecule has 0 aliphatic carbocycles. The summed E-state index contributed by atoms with van der Waals surface area (Å²) >= 11 is 0. The molecular formula is C11H20Si. The lowest BCUT2D eigenvalue weighted by Crippen LogP contribution is -2.17. The molecule has 0 aliphatic rings. The van der Waals surface area contributed by atoms with Gasteiger partial charge < -0.3 is 0 Å². The van der Waals surface area contributed by atoms with Crippen molar-refractivity contribution >= 4 is 8.07 Å². The van der Waals surface area contributed by atoms with Gasteiger partial charge >= 0.3 is 0 Å². The molecule has 0 unspecified atom stereocenters. The summed E-state index contributed by atoms with van der Waals surface area (Å²) in [5, 5.41) is 0. The molecule has 0 fully saturated rings. The number of rotatable bonds is 5. The van der Waals surface area contributed by atoms with E-state index in [1.54, 1.807) is 0 Å². The van der Waals surface area contributed by atoms with E-state index in [9.17, 15) is 0 Å². The minimum atomic E-state index is -0.853. The standard InChI is InChI=1S/C11H20Si/c1-5-6-7-8-9-10-11-12(2,3)4/h1,9-10H,6-8,11H2,2-4H3/b10-9-. The summed E-state index contributed by atoms with van der Waals surface area (Å²) in [5.41, 5.74) is 0. The minimum absolute atomic E-state index is 0.853. The lowest BCUT2D eigenvalue weighted by atomic mass is 10.2. The molecule has 1 heteroatoms. The Hall–Kier alpha value is -0.483. The molecule has 0 heterocycles. The lowest BCUT2D eigenvalue weighted by Gasteiger charge is -2.11. The molecule has 0 amide bonds. The minimum Gasteiger partial charge on any atom is -0.120 e. The summed E-state index contributed by atoms with van der Waals surface area (Å²) in [6.45, 7) is 7.16. The van der Waals surface area contributed by atoms with Gasteiger partial charge in [0.2, 0.25) is 0 Å². The first-order valence-electron chi connectivity index (χ1n) is 4.65. The van der Waals surface area contributed by atoms with E-state index in [0.717, 1.165) is 19.3 Å². The van der Waals surface area contributed by atoms with Gasteiger partial charge in [0.1, 0.15) is 0 Å². The zero-order chi connectivity index (χ0) is 9.45. The van der Waals surface area contributed by atoms with Gasteiger partial charge in [0.05, 0.1) is 0 Å². The third kappa shape index (κ3) is 9.52. The normalized spacial score (nSPS) is 11.8. The first-order valence-corrected chi connectivity index (χ1v) is 8.35. The first kappa shape index (κ1) is 11.5. The fraction of sp³-hybridized carbons (Fsp3) is 0.636. The maximum atomic E-state index is 5.15. The van der Waals surface area contributed by atoms with Crippen molar-refractivity contribution in [1.29, 1.82) is 0 Å². The highest BCUT2D eigenvalue weighted by Crippen LogP contribution is 2.09. The molecule has 0 aromatic heterocycles. The van der Waals surface area contributed by atoms with Gasteiger partial charge in [-0.25, -0.2) is 0 Å². The Morgan fingerprint density at radius 3 is 2.42 bits per heavy atom. The van der Waals surface area contributed by atoms with E-state index >= 15 is 0 Å². The predicted octanol–water partition coefficient (Wildman–Crippen LogP) is 3.68. The highest BCUT2D eigenvalue weighted by molar-refractivity contribution is 6.76. The Balaban J connectivity index is 3.33. The molecule has 0 rings (SSSR count). The predicted molar refractivity (Wildman–Crippen MR) is 60.0 cm³/mol. The van der Waals surface area contributed by atoms with Crippen LogP contribution < -0.4 is 0 Å². The van der Waals surface area contributed by atoms with Crippen LogP contribution in [-0.2, 0) is 0 Å². The average molecular weight is 180 g/mol. The summed E-state index contributed by atoms with van der Waals surface area (Å²) in [6.07, 6.45) is 12.9. The second-order valence-corrected chi connectivity index (χ2v) is 9.86. The second kappa shape index (κ2) is 6.08. The number of unbranched alkanes of at least 4 members (excludes halogenated alkanes) is 2. The van der Waals surface area contributed by atoms with Crippen LogP contribution in [0.25, 0.3) is 0 Å². The van der Waals surface area contributed by atoms with Crippen LogP contribution in [0.15, 0.2) is 12.2 Å². The molecule has 0 radical (unpaired) electrons. The molecule has 0 bridgehead atoms. The van der Waals surface area contributed by atoms with Gasteiger partial charge in [-0.2, -0.15) is 0 Å². The highest BCUT2D eigenvalue weighted by Gasteiger charge is 2.08. The van der Waals surface area contributed by atoms with Crippen molar-refractivity contribution in [1.82, 2.24) is 0 Å². The van der Waals surface area contributed by atoms with Gasteiger partial charge in [0.25, 0.3) is 0 Å². The van der Waals surface area contributed by atoms with Crippen molar-refractivity contribution in [3.05, 3.63) is 12.2 Å². The molecule has 0 saturated heterocycles. The van der Waals surface area contributed by atoms with Gasteiger partial charge in [0.15, 0.2) is 0 Å². The van der Waals surface area contributed by atoms with E-state index in [0.29, 0.717) is 0 Å². The Bertz CT molecular complexity index is 166. The molecule has 0 aromatic carbocycles. The van der Waals surface area contributed by atoms with Crippen LogP contribution in [0.1, 0.15) is 19.3 Å². The maximum absolute atomic E-state index is 5.15. The Kier molecular flexibility index (Phi) is 5.83. The van der Waals surface area contributed by atoms with Crippen molar-refractivity contribution in [2.24, 2.45) is 0 Å². The third-order valence-electron chi connectivity index (χ3n) is 1.59. The summed E-state index contributed by atoms with van der Waals surface area (Å²) in [4.78, 5) is 0. The smallest absolute Gasteiger partial charge is 0.0480 e. The number of hydrogen-bond acceptors (Lipinski definition) is 0. The zero-order valence-electron chi connectivity index (χ0n) is 8.56. The number of terminal acetylenes is 1. The summed E-state index contributed by atoms with van der Waals surface area (Å²) in [7, 11) is -0.853. The number of allylic oxidation sites excluding steroid dienone is 2. The third-order valence-corrected chi connectivity index (χ3v) is 3.05. The van der Waals surface area contributed by atoms with Crippen molar-refractivity contribution < 1.29 is 0 Å². The summed E-state index contributed by atoms with van der Waals surface area (Å²) in [6, 6.07) is 1.29. The Morgan fingerprint density at radius 2 is 1.92 bits per heavy atom. The van der Waals surface area contributed by atoms with Crippen molar-refractivity contribution in [3.8, 4) is 12.3 Å². The van der Waals surface area contributed by atoms with E-state index < -0.39 is 8.07 Å². The van der Waals surface area contributed by atoms with E-state index in [2.05, 4.69) is 37.7 Å². The van der Waals surface area contributed by atoms with Gasteiger partial charge in [-0.15, -0.1) is 12.3 Å². The van der Waals surface area contributed by atoms with Gasteiger partial charge in [-0.05, 0) is 18.9 Å². The zero-order valence-corrected chi connectivity index (χ0v) is 9.56. The van der Waals surface area contributed by atoms with E-state index in [4.69, 9.17) is 6.42 Å². The SMILES string of the molecule is C#CCCC/C=C\C[Si](C)(C)C.